The highest BCUT2D eigenvalue weighted by molar-refractivity contribution is 6.32. The molecule has 1 aliphatic heterocycles. The number of hydrogen-bond donors (Lipinski definition) is 3. The molecule has 4 nitrogen and oxygen atoms in total. The molecule has 2 aromatic rings. The Bertz CT molecular complexity index is 686. The Balaban J connectivity index is 1.80. The molecular weight excluding hydrogens is 276 g/mol. The van der Waals surface area contributed by atoms with Crippen molar-refractivity contribution in [3.05, 3.63) is 52.5 Å². The van der Waals surface area contributed by atoms with Crippen molar-refractivity contribution < 1.29 is 9.90 Å². The van der Waals surface area contributed by atoms with Crippen molar-refractivity contribution in [2.75, 3.05) is 17.2 Å². The third kappa shape index (κ3) is 2.42. The number of hydrogen-bond acceptors (Lipinski definition) is 3. The van der Waals surface area contributed by atoms with Crippen LogP contribution in [0.4, 0.5) is 11.4 Å². The van der Waals surface area contributed by atoms with Gasteiger partial charge in [0.25, 0.3) is 5.91 Å². The molecule has 3 rings (SSSR count). The molecule has 1 amide bonds. The zero-order chi connectivity index (χ0) is 14.1. The maximum Gasteiger partial charge on any atom is 0.255 e. The van der Waals surface area contributed by atoms with E-state index in [2.05, 4.69) is 10.6 Å². The van der Waals surface area contributed by atoms with Crippen LogP contribution in [0.1, 0.15) is 15.9 Å². The van der Waals surface area contributed by atoms with Gasteiger partial charge in [0.05, 0.1) is 5.02 Å². The lowest BCUT2D eigenvalue weighted by atomic mass is 10.1. The Kier molecular flexibility index (Phi) is 3.24. The second-order valence-electron chi connectivity index (χ2n) is 4.67. The van der Waals surface area contributed by atoms with Crippen LogP contribution in [0.5, 0.6) is 5.75 Å². The van der Waals surface area contributed by atoms with Crippen molar-refractivity contribution in [1.29, 1.82) is 0 Å². The molecule has 0 unspecified atom stereocenters. The van der Waals surface area contributed by atoms with E-state index < -0.39 is 0 Å². The normalized spacial score (nSPS) is 12.7. The molecule has 102 valence electrons. The van der Waals surface area contributed by atoms with E-state index in [1.54, 1.807) is 12.1 Å². The minimum Gasteiger partial charge on any atom is -0.506 e. The van der Waals surface area contributed by atoms with Gasteiger partial charge in [0.1, 0.15) is 5.75 Å². The zero-order valence-electron chi connectivity index (χ0n) is 10.6. The van der Waals surface area contributed by atoms with Crippen molar-refractivity contribution in [2.24, 2.45) is 0 Å². The number of anilines is 2. The number of rotatable bonds is 2. The van der Waals surface area contributed by atoms with Gasteiger partial charge in [-0.1, -0.05) is 11.6 Å². The summed E-state index contributed by atoms with van der Waals surface area (Å²) in [5, 5.41) is 15.6. The van der Waals surface area contributed by atoms with Crippen LogP contribution in [0.25, 0.3) is 0 Å². The van der Waals surface area contributed by atoms with Gasteiger partial charge in [-0.15, -0.1) is 0 Å². The highest BCUT2D eigenvalue weighted by Gasteiger charge is 2.13. The summed E-state index contributed by atoms with van der Waals surface area (Å²) < 4.78 is 0. The Labute approximate surface area is 121 Å². The molecule has 0 aliphatic carbocycles. The molecule has 0 saturated carbocycles. The molecule has 0 spiro atoms. The third-order valence-electron chi connectivity index (χ3n) is 3.28. The predicted octanol–water partition coefficient (Wildman–Crippen LogP) is 3.27. The zero-order valence-corrected chi connectivity index (χ0v) is 11.4. The number of nitrogens with one attached hydrogen (secondary N) is 2. The average Bonchev–Trinajstić information content (AvgIpc) is 2.90. The van der Waals surface area contributed by atoms with Crippen molar-refractivity contribution in [3.8, 4) is 5.75 Å². The molecule has 2 aromatic carbocycles. The topological polar surface area (TPSA) is 61.4 Å². The molecular formula is C15H13ClN2O2. The number of benzene rings is 2. The second kappa shape index (κ2) is 5.06. The molecule has 0 radical (unpaired) electrons. The number of amides is 1. The number of carbonyl (C=O) groups is 1. The lowest BCUT2D eigenvalue weighted by Gasteiger charge is -2.08. The predicted molar refractivity (Wildman–Crippen MR) is 79.7 cm³/mol. The third-order valence-corrected chi connectivity index (χ3v) is 3.59. The highest BCUT2D eigenvalue weighted by atomic mass is 35.5. The molecule has 1 aliphatic rings. The maximum absolute atomic E-state index is 12.2. The number of phenols is 1. The van der Waals surface area contributed by atoms with Gasteiger partial charge < -0.3 is 15.7 Å². The van der Waals surface area contributed by atoms with E-state index in [9.17, 15) is 9.90 Å². The minimum atomic E-state index is -0.193. The Morgan fingerprint density at radius 3 is 2.90 bits per heavy atom. The quantitative estimate of drug-likeness (QED) is 0.743. The van der Waals surface area contributed by atoms with Gasteiger partial charge in [-0.2, -0.15) is 0 Å². The summed E-state index contributed by atoms with van der Waals surface area (Å²) in [7, 11) is 0. The summed E-state index contributed by atoms with van der Waals surface area (Å²) in [4.78, 5) is 12.2. The van der Waals surface area contributed by atoms with E-state index in [1.807, 2.05) is 12.1 Å². The van der Waals surface area contributed by atoms with Crippen LogP contribution < -0.4 is 10.6 Å². The van der Waals surface area contributed by atoms with Gasteiger partial charge in [0.15, 0.2) is 0 Å². The molecule has 0 atom stereocenters. The molecule has 0 saturated heterocycles. The fourth-order valence-electron chi connectivity index (χ4n) is 2.23. The van der Waals surface area contributed by atoms with E-state index in [0.29, 0.717) is 11.3 Å². The van der Waals surface area contributed by atoms with Gasteiger partial charge in [0.2, 0.25) is 0 Å². The van der Waals surface area contributed by atoms with Crippen LogP contribution in [0.15, 0.2) is 36.4 Å². The van der Waals surface area contributed by atoms with Crippen molar-refractivity contribution >= 4 is 28.9 Å². The lowest BCUT2D eigenvalue weighted by Crippen LogP contribution is -2.12. The Morgan fingerprint density at radius 1 is 1.25 bits per heavy atom. The Hall–Kier alpha value is -2.20. The maximum atomic E-state index is 12.2. The summed E-state index contributed by atoms with van der Waals surface area (Å²) in [6, 6.07) is 10.2. The molecule has 3 N–H and O–H groups in total. The second-order valence-corrected chi connectivity index (χ2v) is 5.08. The molecule has 1 heterocycles. The van der Waals surface area contributed by atoms with Crippen molar-refractivity contribution in [1.82, 2.24) is 0 Å². The molecule has 0 aromatic heterocycles. The first-order chi connectivity index (χ1) is 9.63. The number of fused-ring (bicyclic) bond motifs is 1. The van der Waals surface area contributed by atoms with E-state index >= 15 is 0 Å². The first-order valence-corrected chi connectivity index (χ1v) is 6.68. The molecule has 5 heteroatoms. The molecule has 0 fully saturated rings. The smallest absolute Gasteiger partial charge is 0.255 e. The first-order valence-electron chi connectivity index (χ1n) is 6.30. The number of aromatic hydroxyl groups is 1. The van der Waals surface area contributed by atoms with Crippen LogP contribution in [-0.2, 0) is 6.42 Å². The fourth-order valence-corrected chi connectivity index (χ4v) is 2.41. The van der Waals surface area contributed by atoms with E-state index in [0.717, 1.165) is 24.2 Å². The summed E-state index contributed by atoms with van der Waals surface area (Å²) >= 11 is 5.81. The van der Waals surface area contributed by atoms with Gasteiger partial charge >= 0.3 is 0 Å². The summed E-state index contributed by atoms with van der Waals surface area (Å²) in [6.07, 6.45) is 0.932. The van der Waals surface area contributed by atoms with Crippen LogP contribution in [-0.4, -0.2) is 17.6 Å². The number of halogens is 1. The van der Waals surface area contributed by atoms with Gasteiger partial charge in [-0.3, -0.25) is 4.79 Å². The summed E-state index contributed by atoms with van der Waals surface area (Å²) in [5.74, 6) is -0.199. The largest absolute Gasteiger partial charge is 0.506 e. The first kappa shape index (κ1) is 12.8. The van der Waals surface area contributed by atoms with Crippen LogP contribution in [0.2, 0.25) is 5.02 Å². The van der Waals surface area contributed by atoms with Gasteiger partial charge in [0, 0.05) is 23.5 Å². The van der Waals surface area contributed by atoms with Crippen LogP contribution >= 0.6 is 11.6 Å². The standard InChI is InChI=1S/C15H13ClN2O2/c16-12-8-11(2-4-14(12)19)18-15(20)10-1-3-13-9(7-10)5-6-17-13/h1-4,7-8,17,19H,5-6H2,(H,18,20). The van der Waals surface area contributed by atoms with E-state index in [4.69, 9.17) is 11.6 Å². The van der Waals surface area contributed by atoms with Gasteiger partial charge in [-0.05, 0) is 48.4 Å². The van der Waals surface area contributed by atoms with E-state index in [-0.39, 0.29) is 16.7 Å². The monoisotopic (exact) mass is 288 g/mol. The average molecular weight is 289 g/mol. The van der Waals surface area contributed by atoms with Crippen LogP contribution in [0, 0.1) is 0 Å². The molecule has 20 heavy (non-hydrogen) atoms. The van der Waals surface area contributed by atoms with Gasteiger partial charge in [-0.25, -0.2) is 0 Å². The summed E-state index contributed by atoms with van der Waals surface area (Å²) in [5.41, 5.74) is 3.41. The van der Waals surface area contributed by atoms with Crippen molar-refractivity contribution in [2.45, 2.75) is 6.42 Å². The molecule has 0 bridgehead atoms. The highest BCUT2D eigenvalue weighted by Crippen LogP contribution is 2.27. The van der Waals surface area contributed by atoms with Crippen LogP contribution in [0.3, 0.4) is 0 Å². The summed E-state index contributed by atoms with van der Waals surface area (Å²) in [6.45, 7) is 0.911. The van der Waals surface area contributed by atoms with E-state index in [1.165, 1.54) is 12.1 Å². The number of carbonyl (C=O) groups excluding carboxylic acids is 1. The number of phenolic OH excluding ortho intramolecular Hbond substituents is 1. The fraction of sp³-hybridized carbons (Fsp3) is 0.133. The SMILES string of the molecule is O=C(Nc1ccc(O)c(Cl)c1)c1ccc2c(c1)CCN2. The lowest BCUT2D eigenvalue weighted by molar-refractivity contribution is 0.102. The van der Waals surface area contributed by atoms with Crippen molar-refractivity contribution in [3.63, 3.8) is 0 Å². The Morgan fingerprint density at radius 2 is 2.10 bits per heavy atom. The minimum absolute atomic E-state index is 0.00623.